The lowest BCUT2D eigenvalue weighted by Gasteiger charge is -2.40. The van der Waals surface area contributed by atoms with Gasteiger partial charge >= 0.3 is 0 Å². The molecule has 2 rings (SSSR count). The number of aliphatic hydroxyl groups is 1. The first-order chi connectivity index (χ1) is 17.5. The molecule has 0 aromatic carbocycles. The van der Waals surface area contributed by atoms with E-state index < -0.39 is 16.6 Å². The zero-order chi connectivity index (χ0) is 28.8. The summed E-state index contributed by atoms with van der Waals surface area (Å²) in [5, 5.41) is 9.59. The summed E-state index contributed by atoms with van der Waals surface area (Å²) in [5.41, 5.74) is 1.65. The van der Waals surface area contributed by atoms with E-state index in [1.807, 2.05) is 0 Å². The van der Waals surface area contributed by atoms with Crippen molar-refractivity contribution in [1.82, 2.24) is 0 Å². The Balaban J connectivity index is 2.26. The number of fused-ring (bicyclic) bond motifs is 1. The molecule has 5 heteroatoms. The Bertz CT molecular complexity index is 772. The van der Waals surface area contributed by atoms with Gasteiger partial charge in [0.05, 0.1) is 12.2 Å². The summed E-state index contributed by atoms with van der Waals surface area (Å²) in [5.74, 6) is 1.78. The summed E-state index contributed by atoms with van der Waals surface area (Å²) in [6, 6.07) is 0. The third-order valence-corrected chi connectivity index (χ3v) is 19.2. The Morgan fingerprint density at radius 2 is 1.61 bits per heavy atom. The van der Waals surface area contributed by atoms with Gasteiger partial charge in [0.15, 0.2) is 16.6 Å². The van der Waals surface area contributed by atoms with Crippen LogP contribution in [0.25, 0.3) is 0 Å². The Kier molecular flexibility index (Phi) is 12.6. The van der Waals surface area contributed by atoms with Crippen molar-refractivity contribution in [3.05, 3.63) is 23.8 Å². The average Bonchev–Trinajstić information content (AvgIpc) is 3.30. The monoisotopic (exact) mass is 564 g/mol. The van der Waals surface area contributed by atoms with Crippen LogP contribution in [0, 0.1) is 17.8 Å². The summed E-state index contributed by atoms with van der Waals surface area (Å²) >= 11 is 0. The van der Waals surface area contributed by atoms with Gasteiger partial charge in [-0.05, 0) is 86.6 Å². The summed E-state index contributed by atoms with van der Waals surface area (Å²) in [6.07, 6.45) is 19.9. The maximum absolute atomic E-state index is 9.15. The van der Waals surface area contributed by atoms with Crippen molar-refractivity contribution in [1.29, 1.82) is 0 Å². The summed E-state index contributed by atoms with van der Waals surface area (Å²) in [7, 11) is -3.70. The molecular weight excluding hydrogens is 501 g/mol. The highest BCUT2D eigenvalue weighted by molar-refractivity contribution is 6.74. The molecule has 0 aromatic heterocycles. The molecule has 2 aliphatic rings. The van der Waals surface area contributed by atoms with Crippen molar-refractivity contribution < 1.29 is 14.0 Å². The molecule has 0 radical (unpaired) electrons. The molecule has 1 N–H and O–H groups in total. The molecule has 1 fully saturated rings. The van der Waals surface area contributed by atoms with Crippen molar-refractivity contribution in [3.8, 4) is 0 Å². The van der Waals surface area contributed by atoms with Crippen LogP contribution in [0.3, 0.4) is 0 Å². The van der Waals surface area contributed by atoms with E-state index in [2.05, 4.69) is 92.9 Å². The first-order valence-electron chi connectivity index (χ1n) is 15.9. The highest BCUT2D eigenvalue weighted by Gasteiger charge is 2.48. The van der Waals surface area contributed by atoms with E-state index in [1.54, 1.807) is 5.57 Å². The molecular formula is C33H64O3Si2. The predicted octanol–water partition coefficient (Wildman–Crippen LogP) is 10.0. The molecule has 222 valence electrons. The minimum Gasteiger partial charge on any atom is -0.413 e. The number of aliphatic hydroxyl groups excluding tert-OH is 1. The molecule has 0 aromatic rings. The smallest absolute Gasteiger partial charge is 0.192 e. The van der Waals surface area contributed by atoms with Crippen molar-refractivity contribution in [2.45, 2.75) is 161 Å². The van der Waals surface area contributed by atoms with Crippen molar-refractivity contribution in [2.75, 3.05) is 6.61 Å². The zero-order valence-electron chi connectivity index (χ0n) is 27.2. The lowest BCUT2D eigenvalue weighted by molar-refractivity contribution is 0.147. The average molecular weight is 565 g/mol. The van der Waals surface area contributed by atoms with Gasteiger partial charge in [0.2, 0.25) is 0 Å². The second-order valence-electron chi connectivity index (χ2n) is 15.4. The molecule has 0 bridgehead atoms. The van der Waals surface area contributed by atoms with E-state index in [9.17, 15) is 0 Å². The Labute approximate surface area is 239 Å². The number of hydrogen-bond acceptors (Lipinski definition) is 3. The summed E-state index contributed by atoms with van der Waals surface area (Å²) in [6.45, 7) is 26.4. The standard InChI is InChI=1S/C33H64O3Si2/c1-12-13-15-19-28(35-37(8,9)32(2,3)4)20-21-29-30-24-26(18-16-14-17-22-34)23-27(30)25-31(29)36-38(10,11)33(5,6)7/h20-21,23,27-31,34H,12-19,22,24-25H2,1-11H3/b21-20-/t27-,28-,29-,30-,31+/m0/s1. The van der Waals surface area contributed by atoms with Crippen molar-refractivity contribution in [3.63, 3.8) is 0 Å². The highest BCUT2D eigenvalue weighted by atomic mass is 28.4. The van der Waals surface area contributed by atoms with Gasteiger partial charge in [-0.2, -0.15) is 0 Å². The Hall–Kier alpha value is -0.206. The Morgan fingerprint density at radius 3 is 2.18 bits per heavy atom. The number of allylic oxidation sites excluding steroid dienone is 2. The van der Waals surface area contributed by atoms with E-state index in [0.29, 0.717) is 30.5 Å². The van der Waals surface area contributed by atoms with Gasteiger partial charge in [0.25, 0.3) is 0 Å². The Morgan fingerprint density at radius 1 is 0.947 bits per heavy atom. The fraction of sp³-hybridized carbons (Fsp3) is 0.879. The van der Waals surface area contributed by atoms with E-state index in [-0.39, 0.29) is 16.2 Å². The fourth-order valence-corrected chi connectivity index (χ4v) is 8.36. The molecule has 1 saturated carbocycles. The van der Waals surface area contributed by atoms with Gasteiger partial charge in [-0.3, -0.25) is 0 Å². The van der Waals surface area contributed by atoms with Crippen molar-refractivity contribution in [2.24, 2.45) is 17.8 Å². The van der Waals surface area contributed by atoms with Gasteiger partial charge in [-0.15, -0.1) is 0 Å². The normalized spacial score (nSPS) is 25.7. The highest BCUT2D eigenvalue weighted by Crippen LogP contribution is 2.51. The molecule has 0 unspecified atom stereocenters. The maximum atomic E-state index is 9.15. The zero-order valence-corrected chi connectivity index (χ0v) is 29.2. The van der Waals surface area contributed by atoms with E-state index >= 15 is 0 Å². The van der Waals surface area contributed by atoms with Gasteiger partial charge in [-0.1, -0.05) is 98.0 Å². The third-order valence-electron chi connectivity index (χ3n) is 10.2. The lowest BCUT2D eigenvalue weighted by Crippen LogP contribution is -2.45. The molecule has 2 aliphatic carbocycles. The SMILES string of the molecule is CCCCC[C@@H](/C=C\[C@H]1[C@H]2CC(CCCCCO)=C[C@H]2C[C@H]1O[Si](C)(C)C(C)(C)C)O[Si](C)(C)C(C)(C)C. The van der Waals surface area contributed by atoms with Crippen LogP contribution in [-0.2, 0) is 8.85 Å². The quantitative estimate of drug-likeness (QED) is 0.122. The molecule has 0 saturated heterocycles. The number of rotatable bonds is 15. The van der Waals surface area contributed by atoms with Crippen LogP contribution >= 0.6 is 0 Å². The number of hydrogen-bond donors (Lipinski definition) is 1. The molecule has 3 nitrogen and oxygen atoms in total. The third kappa shape index (κ3) is 9.43. The van der Waals surface area contributed by atoms with Crippen LogP contribution < -0.4 is 0 Å². The van der Waals surface area contributed by atoms with Gasteiger partial charge < -0.3 is 14.0 Å². The summed E-state index contributed by atoms with van der Waals surface area (Å²) in [4.78, 5) is 0. The van der Waals surface area contributed by atoms with E-state index in [4.69, 9.17) is 14.0 Å². The van der Waals surface area contributed by atoms with E-state index in [1.165, 1.54) is 38.5 Å². The molecule has 5 atom stereocenters. The predicted molar refractivity (Wildman–Crippen MR) is 171 cm³/mol. The fourth-order valence-electron chi connectivity index (χ4n) is 5.69. The second-order valence-corrected chi connectivity index (χ2v) is 24.9. The van der Waals surface area contributed by atoms with Crippen LogP contribution in [-0.4, -0.2) is 40.6 Å². The van der Waals surface area contributed by atoms with Crippen LogP contribution in [0.15, 0.2) is 23.8 Å². The summed E-state index contributed by atoms with van der Waals surface area (Å²) < 4.78 is 14.1. The first-order valence-corrected chi connectivity index (χ1v) is 21.7. The number of unbranched alkanes of at least 4 members (excludes halogenated alkanes) is 4. The maximum Gasteiger partial charge on any atom is 0.192 e. The van der Waals surface area contributed by atoms with Crippen LogP contribution in [0.4, 0.5) is 0 Å². The van der Waals surface area contributed by atoms with Crippen LogP contribution in [0.2, 0.25) is 36.3 Å². The molecule has 38 heavy (non-hydrogen) atoms. The molecule has 0 spiro atoms. The van der Waals surface area contributed by atoms with E-state index in [0.717, 1.165) is 25.7 Å². The van der Waals surface area contributed by atoms with Gasteiger partial charge in [-0.25, -0.2) is 0 Å². The molecule has 0 aliphatic heterocycles. The van der Waals surface area contributed by atoms with Gasteiger partial charge in [0.1, 0.15) is 0 Å². The molecule has 0 amide bonds. The van der Waals surface area contributed by atoms with Crippen LogP contribution in [0.1, 0.15) is 113 Å². The largest absolute Gasteiger partial charge is 0.413 e. The van der Waals surface area contributed by atoms with Crippen LogP contribution in [0.5, 0.6) is 0 Å². The van der Waals surface area contributed by atoms with Gasteiger partial charge in [0, 0.05) is 12.5 Å². The topological polar surface area (TPSA) is 38.7 Å². The minimum absolute atomic E-state index is 0.210. The second kappa shape index (κ2) is 14.1. The minimum atomic E-state index is -1.85. The van der Waals surface area contributed by atoms with Crippen molar-refractivity contribution >= 4 is 16.6 Å². The first kappa shape index (κ1) is 34.0. The molecule has 0 heterocycles. The lowest BCUT2D eigenvalue weighted by atomic mass is 9.88.